The van der Waals surface area contributed by atoms with E-state index in [4.69, 9.17) is 0 Å². The first-order valence-electron chi connectivity index (χ1n) is 5.95. The van der Waals surface area contributed by atoms with Crippen molar-refractivity contribution in [3.8, 4) is 0 Å². The van der Waals surface area contributed by atoms with Crippen LogP contribution in [-0.4, -0.2) is 38.8 Å². The average Bonchev–Trinajstić information content (AvgIpc) is 3.08. The second-order valence-corrected chi connectivity index (χ2v) is 6.75. The molecular formula is C11H11N3O4S2. The maximum absolute atomic E-state index is 12.4. The van der Waals surface area contributed by atoms with E-state index in [1.165, 1.54) is 6.07 Å². The molecule has 0 aromatic carbocycles. The minimum absolute atomic E-state index is 0.0122. The van der Waals surface area contributed by atoms with E-state index in [1.807, 2.05) is 0 Å². The molecule has 1 spiro atoms. The monoisotopic (exact) mass is 313 g/mol. The minimum Gasteiger partial charge on any atom is -0.322 e. The number of hydrogen-bond acceptors (Lipinski definition) is 6. The number of carbonyl (C=O) groups excluding carboxylic acids is 2. The molecule has 1 aromatic rings. The van der Waals surface area contributed by atoms with Crippen molar-refractivity contribution in [1.29, 1.82) is 0 Å². The quantitative estimate of drug-likeness (QED) is 0.519. The van der Waals surface area contributed by atoms with Gasteiger partial charge in [0, 0.05) is 17.2 Å². The molecule has 1 unspecified atom stereocenters. The molecule has 3 rings (SSSR count). The third-order valence-electron chi connectivity index (χ3n) is 3.43. The largest absolute Gasteiger partial charge is 0.325 e. The molecule has 106 valence electrons. The highest BCUT2D eigenvalue weighted by atomic mass is 32.2. The number of nitro groups is 1. The fourth-order valence-corrected chi connectivity index (χ4v) is 4.42. The van der Waals surface area contributed by atoms with Crippen molar-refractivity contribution in [2.45, 2.75) is 18.5 Å². The van der Waals surface area contributed by atoms with E-state index in [0.29, 0.717) is 17.7 Å². The lowest BCUT2D eigenvalue weighted by atomic mass is 9.99. The van der Waals surface area contributed by atoms with Gasteiger partial charge < -0.3 is 5.32 Å². The van der Waals surface area contributed by atoms with Crippen molar-refractivity contribution >= 4 is 40.0 Å². The van der Waals surface area contributed by atoms with Crippen LogP contribution < -0.4 is 5.32 Å². The molecule has 0 radical (unpaired) electrons. The zero-order chi connectivity index (χ0) is 14.3. The van der Waals surface area contributed by atoms with Gasteiger partial charge in [-0.25, -0.2) is 4.79 Å². The van der Waals surface area contributed by atoms with Gasteiger partial charge in [-0.2, -0.15) is 11.8 Å². The first kappa shape index (κ1) is 13.4. The summed E-state index contributed by atoms with van der Waals surface area (Å²) in [6.45, 7) is 0.0847. The van der Waals surface area contributed by atoms with Crippen LogP contribution in [0.3, 0.4) is 0 Å². The topological polar surface area (TPSA) is 92.6 Å². The molecule has 3 heterocycles. The average molecular weight is 313 g/mol. The van der Waals surface area contributed by atoms with E-state index < -0.39 is 16.5 Å². The van der Waals surface area contributed by atoms with Crippen LogP contribution in [-0.2, 0) is 11.3 Å². The molecule has 2 saturated heterocycles. The van der Waals surface area contributed by atoms with Crippen molar-refractivity contribution < 1.29 is 14.5 Å². The smallest absolute Gasteiger partial charge is 0.322 e. The van der Waals surface area contributed by atoms with Crippen molar-refractivity contribution in [2.75, 3.05) is 11.5 Å². The molecule has 2 aliphatic heterocycles. The zero-order valence-electron chi connectivity index (χ0n) is 10.3. The number of thioether (sulfide) groups is 1. The molecule has 1 aromatic heterocycles. The van der Waals surface area contributed by atoms with Crippen molar-refractivity contribution in [2.24, 2.45) is 0 Å². The van der Waals surface area contributed by atoms with Crippen LogP contribution in [0.5, 0.6) is 0 Å². The highest BCUT2D eigenvalue weighted by molar-refractivity contribution is 7.99. The van der Waals surface area contributed by atoms with Crippen LogP contribution >= 0.6 is 23.1 Å². The molecule has 0 saturated carbocycles. The molecule has 1 atom stereocenters. The number of amides is 3. The van der Waals surface area contributed by atoms with Gasteiger partial charge in [-0.05, 0) is 17.7 Å². The summed E-state index contributed by atoms with van der Waals surface area (Å²) in [5.74, 6) is 1.23. The number of carbonyl (C=O) groups is 2. The highest BCUT2D eigenvalue weighted by Crippen LogP contribution is 2.34. The number of thiophene rings is 1. The Balaban J connectivity index is 1.78. The number of nitrogens with zero attached hydrogens (tertiary/aromatic N) is 2. The maximum atomic E-state index is 12.4. The predicted octanol–water partition coefficient (Wildman–Crippen LogP) is 1.58. The molecule has 2 fully saturated rings. The van der Waals surface area contributed by atoms with E-state index >= 15 is 0 Å². The van der Waals surface area contributed by atoms with Gasteiger partial charge in [0.2, 0.25) is 0 Å². The highest BCUT2D eigenvalue weighted by Gasteiger charge is 2.52. The lowest BCUT2D eigenvalue weighted by molar-refractivity contribution is -0.380. The maximum Gasteiger partial charge on any atom is 0.325 e. The summed E-state index contributed by atoms with van der Waals surface area (Å²) in [7, 11) is 0. The van der Waals surface area contributed by atoms with Crippen LogP contribution in [0.25, 0.3) is 0 Å². The molecule has 1 N–H and O–H groups in total. The summed E-state index contributed by atoms with van der Waals surface area (Å²) in [6.07, 6.45) is 0.641. The van der Waals surface area contributed by atoms with Crippen molar-refractivity contribution in [3.05, 3.63) is 27.1 Å². The molecule has 9 heteroatoms. The van der Waals surface area contributed by atoms with E-state index in [9.17, 15) is 19.7 Å². The lowest BCUT2D eigenvalue weighted by Crippen LogP contribution is -2.46. The van der Waals surface area contributed by atoms with E-state index in [-0.39, 0.29) is 17.5 Å². The lowest BCUT2D eigenvalue weighted by Gasteiger charge is -2.18. The van der Waals surface area contributed by atoms with Crippen LogP contribution in [0.15, 0.2) is 11.4 Å². The Bertz CT molecular complexity index is 594. The molecular weight excluding hydrogens is 302 g/mol. The Morgan fingerprint density at radius 3 is 2.90 bits per heavy atom. The Labute approximate surface area is 122 Å². The fourth-order valence-electron chi connectivity index (χ4n) is 2.38. The van der Waals surface area contributed by atoms with E-state index in [1.54, 1.807) is 17.1 Å². The van der Waals surface area contributed by atoms with Crippen LogP contribution in [0, 0.1) is 10.1 Å². The van der Waals surface area contributed by atoms with E-state index in [2.05, 4.69) is 5.32 Å². The van der Waals surface area contributed by atoms with Gasteiger partial charge in [0.25, 0.3) is 5.91 Å². The predicted molar refractivity (Wildman–Crippen MR) is 74.7 cm³/mol. The van der Waals surface area contributed by atoms with Gasteiger partial charge in [0.15, 0.2) is 0 Å². The third-order valence-corrected chi connectivity index (χ3v) is 5.55. The number of rotatable bonds is 3. The Kier molecular flexibility index (Phi) is 3.17. The molecule has 0 aliphatic carbocycles. The summed E-state index contributed by atoms with van der Waals surface area (Å²) in [5.41, 5.74) is -0.156. The molecule has 2 aliphatic rings. The van der Waals surface area contributed by atoms with Gasteiger partial charge in [0.05, 0.1) is 11.5 Å². The standard InChI is InChI=1S/C11H11N3O4S2/c15-9-11(1-2-19-6-11)12-10(16)13(9)4-7-3-8(14(17)18)20-5-7/h3,5H,1-2,4,6H2,(H,12,16). The molecule has 7 nitrogen and oxygen atoms in total. The minimum atomic E-state index is -0.760. The summed E-state index contributed by atoms with van der Waals surface area (Å²) >= 11 is 2.64. The number of urea groups is 1. The SMILES string of the molecule is O=C1NC2(CCSC2)C(=O)N1Cc1csc([N+](=O)[O-])c1. The van der Waals surface area contributed by atoms with Gasteiger partial charge in [-0.1, -0.05) is 11.3 Å². The summed E-state index contributed by atoms with van der Waals surface area (Å²) in [6, 6.07) is 0.992. The van der Waals surface area contributed by atoms with Gasteiger partial charge in [-0.3, -0.25) is 19.8 Å². The third kappa shape index (κ3) is 2.06. The first-order valence-corrected chi connectivity index (χ1v) is 7.99. The van der Waals surface area contributed by atoms with Gasteiger partial charge in [-0.15, -0.1) is 0 Å². The van der Waals surface area contributed by atoms with E-state index in [0.717, 1.165) is 22.0 Å². The number of hydrogen-bond donors (Lipinski definition) is 1. The van der Waals surface area contributed by atoms with Crippen LogP contribution in [0.2, 0.25) is 0 Å². The number of nitrogens with one attached hydrogen (secondary N) is 1. The zero-order valence-corrected chi connectivity index (χ0v) is 12.0. The van der Waals surface area contributed by atoms with Gasteiger partial charge in [0.1, 0.15) is 5.54 Å². The summed E-state index contributed by atoms with van der Waals surface area (Å²) < 4.78 is 0. The number of imide groups is 1. The fraction of sp³-hybridized carbons (Fsp3) is 0.455. The van der Waals surface area contributed by atoms with Crippen LogP contribution in [0.1, 0.15) is 12.0 Å². The Hall–Kier alpha value is -1.61. The first-order chi connectivity index (χ1) is 9.52. The summed E-state index contributed by atoms with van der Waals surface area (Å²) in [4.78, 5) is 35.6. The Morgan fingerprint density at radius 2 is 2.30 bits per heavy atom. The molecule has 0 bridgehead atoms. The van der Waals surface area contributed by atoms with Crippen molar-refractivity contribution in [1.82, 2.24) is 10.2 Å². The second kappa shape index (κ2) is 4.74. The Morgan fingerprint density at radius 1 is 1.50 bits per heavy atom. The molecule has 3 amide bonds. The van der Waals surface area contributed by atoms with Crippen molar-refractivity contribution in [3.63, 3.8) is 0 Å². The van der Waals surface area contributed by atoms with Gasteiger partial charge >= 0.3 is 11.0 Å². The second-order valence-electron chi connectivity index (χ2n) is 4.76. The molecule has 20 heavy (non-hydrogen) atoms. The van der Waals surface area contributed by atoms with Crippen LogP contribution in [0.4, 0.5) is 9.80 Å². The normalized spacial score (nSPS) is 25.5. The summed E-state index contributed by atoms with van der Waals surface area (Å²) in [5, 5.41) is 15.0.